The molecule has 1 saturated heterocycles. The van der Waals surface area contributed by atoms with Gasteiger partial charge < -0.3 is 15.5 Å². The monoisotopic (exact) mass is 321 g/mol. The molecule has 0 spiro atoms. The van der Waals surface area contributed by atoms with Crippen molar-refractivity contribution in [1.29, 1.82) is 0 Å². The molecule has 110 valence electrons. The minimum atomic E-state index is 0.0730. The molecular weight excluding hydrogens is 306 g/mol. The van der Waals surface area contributed by atoms with Crippen LogP contribution in [0.15, 0.2) is 36.4 Å². The number of thiophene rings is 1. The number of piperazine rings is 1. The lowest BCUT2D eigenvalue weighted by molar-refractivity contribution is 0.0751. The third-order valence-corrected chi connectivity index (χ3v) is 4.83. The van der Waals surface area contributed by atoms with Gasteiger partial charge in [0.05, 0.1) is 9.21 Å². The second-order valence-electron chi connectivity index (χ2n) is 4.97. The van der Waals surface area contributed by atoms with Crippen molar-refractivity contribution >= 4 is 40.2 Å². The van der Waals surface area contributed by atoms with Crippen LogP contribution in [0.5, 0.6) is 0 Å². The molecule has 6 heteroatoms. The summed E-state index contributed by atoms with van der Waals surface area (Å²) in [5, 5.41) is 0. The smallest absolute Gasteiger partial charge is 0.264 e. The molecule has 21 heavy (non-hydrogen) atoms. The molecular formula is C15H16ClN3OS. The van der Waals surface area contributed by atoms with Crippen molar-refractivity contribution in [3.8, 4) is 0 Å². The highest BCUT2D eigenvalue weighted by molar-refractivity contribution is 7.17. The Kier molecular flexibility index (Phi) is 4.03. The molecule has 0 atom stereocenters. The average Bonchev–Trinajstić information content (AvgIpc) is 2.94. The number of carbonyl (C=O) groups excluding carboxylic acids is 1. The van der Waals surface area contributed by atoms with Gasteiger partial charge in [0.15, 0.2) is 0 Å². The van der Waals surface area contributed by atoms with Gasteiger partial charge in [0.25, 0.3) is 5.91 Å². The molecule has 1 aliphatic heterocycles. The van der Waals surface area contributed by atoms with Gasteiger partial charge in [-0.1, -0.05) is 11.6 Å². The van der Waals surface area contributed by atoms with Crippen molar-refractivity contribution in [1.82, 2.24) is 4.90 Å². The molecule has 0 aliphatic carbocycles. The zero-order chi connectivity index (χ0) is 14.8. The number of carbonyl (C=O) groups is 1. The van der Waals surface area contributed by atoms with Gasteiger partial charge in [-0.25, -0.2) is 0 Å². The quantitative estimate of drug-likeness (QED) is 0.865. The van der Waals surface area contributed by atoms with Crippen LogP contribution in [0.3, 0.4) is 0 Å². The van der Waals surface area contributed by atoms with E-state index in [2.05, 4.69) is 4.90 Å². The first-order chi connectivity index (χ1) is 10.1. The first-order valence-electron chi connectivity index (χ1n) is 6.78. The topological polar surface area (TPSA) is 49.6 Å². The Morgan fingerprint density at radius 3 is 2.29 bits per heavy atom. The fourth-order valence-corrected chi connectivity index (χ4v) is 3.45. The second-order valence-corrected chi connectivity index (χ2v) is 6.69. The van der Waals surface area contributed by atoms with E-state index >= 15 is 0 Å². The van der Waals surface area contributed by atoms with Crippen LogP contribution in [-0.4, -0.2) is 37.0 Å². The van der Waals surface area contributed by atoms with Gasteiger partial charge in [-0.05, 0) is 36.4 Å². The third kappa shape index (κ3) is 3.14. The van der Waals surface area contributed by atoms with E-state index in [0.717, 1.165) is 37.6 Å². The number of nitrogens with two attached hydrogens (primary N) is 1. The molecule has 2 N–H and O–H groups in total. The number of anilines is 2. The Hall–Kier alpha value is -1.72. The summed E-state index contributed by atoms with van der Waals surface area (Å²) in [4.78, 5) is 17.2. The fraction of sp³-hybridized carbons (Fsp3) is 0.267. The Bertz CT molecular complexity index is 633. The molecule has 0 radical (unpaired) electrons. The Morgan fingerprint density at radius 1 is 1.05 bits per heavy atom. The van der Waals surface area contributed by atoms with Crippen LogP contribution in [0.2, 0.25) is 4.34 Å². The highest BCUT2D eigenvalue weighted by atomic mass is 35.5. The van der Waals surface area contributed by atoms with Crippen molar-refractivity contribution in [2.75, 3.05) is 36.8 Å². The van der Waals surface area contributed by atoms with Crippen LogP contribution >= 0.6 is 22.9 Å². The van der Waals surface area contributed by atoms with Gasteiger partial charge in [-0.2, -0.15) is 0 Å². The predicted molar refractivity (Wildman–Crippen MR) is 88.3 cm³/mol. The second kappa shape index (κ2) is 5.95. The van der Waals surface area contributed by atoms with Crippen molar-refractivity contribution in [3.05, 3.63) is 45.6 Å². The van der Waals surface area contributed by atoms with Crippen LogP contribution in [0.25, 0.3) is 0 Å². The van der Waals surface area contributed by atoms with Gasteiger partial charge in [-0.3, -0.25) is 4.79 Å². The van der Waals surface area contributed by atoms with Crippen LogP contribution in [0, 0.1) is 0 Å². The molecule has 2 heterocycles. The molecule has 0 saturated carbocycles. The number of rotatable bonds is 2. The molecule has 3 rings (SSSR count). The summed E-state index contributed by atoms with van der Waals surface area (Å²) in [5.74, 6) is 0.0730. The zero-order valence-electron chi connectivity index (χ0n) is 11.5. The molecule has 0 unspecified atom stereocenters. The van der Waals surface area contributed by atoms with Crippen molar-refractivity contribution in [2.24, 2.45) is 0 Å². The standard InChI is InChI=1S/C15H16ClN3OS/c16-14-6-5-13(21-14)15(20)19-9-7-18(8-10-19)12-3-1-11(17)2-4-12/h1-6H,7-10,17H2. The molecule has 1 aliphatic rings. The molecule has 4 nitrogen and oxygen atoms in total. The maximum Gasteiger partial charge on any atom is 0.264 e. The normalized spacial score (nSPS) is 15.3. The van der Waals surface area contributed by atoms with Gasteiger partial charge in [0.2, 0.25) is 0 Å². The van der Waals surface area contributed by atoms with E-state index in [1.807, 2.05) is 29.2 Å². The average molecular weight is 322 g/mol. The van der Waals surface area contributed by atoms with Crippen molar-refractivity contribution < 1.29 is 4.79 Å². The maximum atomic E-state index is 12.3. The Labute approximate surface area is 132 Å². The van der Waals surface area contributed by atoms with E-state index in [9.17, 15) is 4.79 Å². The van der Waals surface area contributed by atoms with Crippen LogP contribution in [-0.2, 0) is 0 Å². The predicted octanol–water partition coefficient (Wildman–Crippen LogP) is 2.95. The van der Waals surface area contributed by atoms with E-state index < -0.39 is 0 Å². The summed E-state index contributed by atoms with van der Waals surface area (Å²) in [5.41, 5.74) is 7.62. The van der Waals surface area contributed by atoms with E-state index in [1.165, 1.54) is 11.3 Å². The number of nitrogen functional groups attached to an aromatic ring is 1. The van der Waals surface area contributed by atoms with E-state index in [0.29, 0.717) is 9.21 Å². The minimum absolute atomic E-state index is 0.0730. The van der Waals surface area contributed by atoms with Crippen LogP contribution < -0.4 is 10.6 Å². The van der Waals surface area contributed by atoms with Gasteiger partial charge in [0, 0.05) is 37.6 Å². The van der Waals surface area contributed by atoms with Gasteiger partial charge in [-0.15, -0.1) is 11.3 Å². The summed E-state index contributed by atoms with van der Waals surface area (Å²) in [7, 11) is 0. The summed E-state index contributed by atoms with van der Waals surface area (Å²) >= 11 is 7.22. The van der Waals surface area contributed by atoms with Gasteiger partial charge in [0.1, 0.15) is 0 Å². The number of hydrogen-bond acceptors (Lipinski definition) is 4. The lowest BCUT2D eigenvalue weighted by atomic mass is 10.2. The molecule has 1 aromatic heterocycles. The van der Waals surface area contributed by atoms with Gasteiger partial charge >= 0.3 is 0 Å². The maximum absolute atomic E-state index is 12.3. The number of nitrogens with zero attached hydrogens (tertiary/aromatic N) is 2. The highest BCUT2D eigenvalue weighted by Gasteiger charge is 2.23. The van der Waals surface area contributed by atoms with E-state index in [-0.39, 0.29) is 5.91 Å². The molecule has 1 amide bonds. The third-order valence-electron chi connectivity index (χ3n) is 3.61. The molecule has 1 aromatic carbocycles. The Balaban J connectivity index is 1.62. The molecule has 2 aromatic rings. The number of amides is 1. The van der Waals surface area contributed by atoms with Crippen molar-refractivity contribution in [3.63, 3.8) is 0 Å². The SMILES string of the molecule is Nc1ccc(N2CCN(C(=O)c3ccc(Cl)s3)CC2)cc1. The molecule has 0 bridgehead atoms. The zero-order valence-corrected chi connectivity index (χ0v) is 13.0. The molecule has 1 fully saturated rings. The summed E-state index contributed by atoms with van der Waals surface area (Å²) in [6.07, 6.45) is 0. The first kappa shape index (κ1) is 14.2. The lowest BCUT2D eigenvalue weighted by Gasteiger charge is -2.36. The van der Waals surface area contributed by atoms with E-state index in [1.54, 1.807) is 12.1 Å². The Morgan fingerprint density at radius 2 is 1.71 bits per heavy atom. The summed E-state index contributed by atoms with van der Waals surface area (Å²) in [6, 6.07) is 11.4. The highest BCUT2D eigenvalue weighted by Crippen LogP contribution is 2.24. The number of hydrogen-bond donors (Lipinski definition) is 1. The largest absolute Gasteiger partial charge is 0.399 e. The summed E-state index contributed by atoms with van der Waals surface area (Å²) < 4.78 is 0.652. The fourth-order valence-electron chi connectivity index (χ4n) is 2.44. The van der Waals surface area contributed by atoms with E-state index in [4.69, 9.17) is 17.3 Å². The minimum Gasteiger partial charge on any atom is -0.399 e. The van der Waals surface area contributed by atoms with Crippen LogP contribution in [0.4, 0.5) is 11.4 Å². The van der Waals surface area contributed by atoms with Crippen LogP contribution in [0.1, 0.15) is 9.67 Å². The number of halogens is 1. The lowest BCUT2D eigenvalue weighted by Crippen LogP contribution is -2.48. The number of benzene rings is 1. The first-order valence-corrected chi connectivity index (χ1v) is 7.98. The van der Waals surface area contributed by atoms with Crippen molar-refractivity contribution in [2.45, 2.75) is 0 Å². The summed E-state index contributed by atoms with van der Waals surface area (Å²) in [6.45, 7) is 3.10.